The summed E-state index contributed by atoms with van der Waals surface area (Å²) in [5.41, 5.74) is 0. The Morgan fingerprint density at radius 3 is 2.39 bits per heavy atom. The van der Waals surface area contributed by atoms with E-state index in [1.54, 1.807) is 26.4 Å². The van der Waals surface area contributed by atoms with E-state index in [0.717, 1.165) is 10.8 Å². The third-order valence-corrected chi connectivity index (χ3v) is 6.29. The van der Waals surface area contributed by atoms with Gasteiger partial charge in [-0.1, -0.05) is 30.3 Å². The molecule has 2 aromatic carbocycles. The average molecular weight is 335 g/mol. The summed E-state index contributed by atoms with van der Waals surface area (Å²) in [5.74, 6) is 0. The van der Waals surface area contributed by atoms with Gasteiger partial charge in [-0.05, 0) is 29.3 Å². The van der Waals surface area contributed by atoms with Crippen LogP contribution in [0.3, 0.4) is 0 Å². The molecule has 0 unspecified atom stereocenters. The number of methoxy groups -OCH3 is 2. The second kappa shape index (κ2) is 6.57. The number of hydrogen-bond acceptors (Lipinski definition) is 4. The van der Waals surface area contributed by atoms with Gasteiger partial charge >= 0.3 is 0 Å². The molecule has 0 N–H and O–H groups in total. The number of fused-ring (bicyclic) bond motifs is 1. The van der Waals surface area contributed by atoms with Crippen LogP contribution in [-0.2, 0) is 19.5 Å². The van der Waals surface area contributed by atoms with Crippen LogP contribution in [0.5, 0.6) is 0 Å². The Morgan fingerprint density at radius 1 is 1.00 bits per heavy atom. The molecule has 0 radical (unpaired) electrons. The van der Waals surface area contributed by atoms with Gasteiger partial charge in [-0.25, -0.2) is 8.42 Å². The summed E-state index contributed by atoms with van der Waals surface area (Å²) in [7, 11) is -0.315. The second-order valence-corrected chi connectivity index (χ2v) is 7.65. The topological polar surface area (TPSA) is 55.8 Å². The van der Waals surface area contributed by atoms with Crippen molar-refractivity contribution >= 4 is 20.8 Å². The molecule has 1 heterocycles. The number of rotatable bonds is 4. The number of hydrogen-bond donors (Lipinski definition) is 0. The summed E-state index contributed by atoms with van der Waals surface area (Å²) in [6, 6.07) is 13.0. The minimum Gasteiger partial charge on any atom is -0.379 e. The first-order valence-electron chi connectivity index (χ1n) is 7.61. The molecule has 3 rings (SSSR count). The van der Waals surface area contributed by atoms with E-state index in [4.69, 9.17) is 9.47 Å². The van der Waals surface area contributed by atoms with Crippen molar-refractivity contribution < 1.29 is 17.9 Å². The fourth-order valence-corrected chi connectivity index (χ4v) is 4.56. The van der Waals surface area contributed by atoms with E-state index >= 15 is 0 Å². The highest BCUT2D eigenvalue weighted by Gasteiger charge is 2.35. The van der Waals surface area contributed by atoms with Gasteiger partial charge in [0.25, 0.3) is 0 Å². The molecule has 0 bridgehead atoms. The Hall–Kier alpha value is -1.47. The Kier molecular flexibility index (Phi) is 4.68. The highest BCUT2D eigenvalue weighted by atomic mass is 32.2. The lowest BCUT2D eigenvalue weighted by atomic mass is 10.1. The van der Waals surface area contributed by atoms with Gasteiger partial charge in [-0.2, -0.15) is 4.31 Å². The van der Waals surface area contributed by atoms with Crippen molar-refractivity contribution in [3.8, 4) is 0 Å². The van der Waals surface area contributed by atoms with Crippen LogP contribution in [-0.4, -0.2) is 52.2 Å². The van der Waals surface area contributed by atoms with Crippen LogP contribution < -0.4 is 0 Å². The van der Waals surface area contributed by atoms with E-state index in [1.807, 2.05) is 30.3 Å². The fourth-order valence-electron chi connectivity index (χ4n) is 3.06. The van der Waals surface area contributed by atoms with E-state index in [1.165, 1.54) is 4.31 Å². The van der Waals surface area contributed by atoms with Gasteiger partial charge in [0.05, 0.1) is 17.1 Å². The van der Waals surface area contributed by atoms with Gasteiger partial charge in [-0.15, -0.1) is 0 Å². The lowest BCUT2D eigenvalue weighted by Crippen LogP contribution is -2.50. The van der Waals surface area contributed by atoms with E-state index in [9.17, 15) is 8.42 Å². The molecule has 1 aliphatic rings. The van der Waals surface area contributed by atoms with Gasteiger partial charge in [-0.3, -0.25) is 0 Å². The molecule has 0 amide bonds. The maximum Gasteiger partial charge on any atom is 0.243 e. The summed E-state index contributed by atoms with van der Waals surface area (Å²) in [6.07, 6.45) is 0.314. The zero-order valence-electron chi connectivity index (χ0n) is 13.3. The highest BCUT2D eigenvalue weighted by molar-refractivity contribution is 7.89. The molecule has 5 nitrogen and oxygen atoms in total. The molecule has 0 aromatic heterocycles. The molecule has 2 aromatic rings. The predicted octanol–water partition coefficient (Wildman–Crippen LogP) is 2.26. The number of sulfonamides is 1. The summed E-state index contributed by atoms with van der Waals surface area (Å²) in [6.45, 7) is 0.748. The van der Waals surface area contributed by atoms with Gasteiger partial charge in [0.1, 0.15) is 0 Å². The smallest absolute Gasteiger partial charge is 0.243 e. The normalized spacial score (nSPS) is 23.2. The maximum atomic E-state index is 12.9. The molecule has 1 fully saturated rings. The van der Waals surface area contributed by atoms with Crippen LogP contribution in [0.2, 0.25) is 0 Å². The zero-order valence-corrected chi connectivity index (χ0v) is 14.1. The SMILES string of the molecule is CO[C@H]1CN(S(=O)(=O)c2ccc3ccccc3c2)CC[C@H]1OC. The molecule has 0 saturated carbocycles. The quantitative estimate of drug-likeness (QED) is 0.860. The van der Waals surface area contributed by atoms with Crippen molar-refractivity contribution in [1.29, 1.82) is 0 Å². The molecule has 124 valence electrons. The largest absolute Gasteiger partial charge is 0.379 e. The fraction of sp³-hybridized carbons (Fsp3) is 0.412. The van der Waals surface area contributed by atoms with Gasteiger partial charge in [0.2, 0.25) is 10.0 Å². The summed E-state index contributed by atoms with van der Waals surface area (Å²) in [5, 5.41) is 1.95. The third kappa shape index (κ3) is 3.12. The van der Waals surface area contributed by atoms with Crippen LogP contribution in [0.4, 0.5) is 0 Å². The monoisotopic (exact) mass is 335 g/mol. The molecular weight excluding hydrogens is 314 g/mol. The third-order valence-electron chi connectivity index (χ3n) is 4.43. The van der Waals surface area contributed by atoms with Gasteiger partial charge in [0, 0.05) is 27.3 Å². The van der Waals surface area contributed by atoms with Crippen LogP contribution in [0, 0.1) is 0 Å². The molecule has 1 aliphatic heterocycles. The molecule has 6 heteroatoms. The minimum atomic E-state index is -3.53. The summed E-state index contributed by atoms with van der Waals surface area (Å²) in [4.78, 5) is 0.321. The Balaban J connectivity index is 1.91. The van der Waals surface area contributed by atoms with E-state index < -0.39 is 10.0 Å². The van der Waals surface area contributed by atoms with E-state index in [0.29, 0.717) is 24.4 Å². The Labute approximate surface area is 136 Å². The second-order valence-electron chi connectivity index (χ2n) is 5.71. The van der Waals surface area contributed by atoms with Crippen molar-refractivity contribution in [3.63, 3.8) is 0 Å². The Bertz CT molecular complexity index is 790. The first kappa shape index (κ1) is 16.4. The number of ether oxygens (including phenoxy) is 2. The minimum absolute atomic E-state index is 0.0666. The van der Waals surface area contributed by atoms with Crippen LogP contribution in [0.15, 0.2) is 47.4 Å². The van der Waals surface area contributed by atoms with E-state index in [2.05, 4.69) is 0 Å². The van der Waals surface area contributed by atoms with Crippen molar-refractivity contribution in [2.75, 3.05) is 27.3 Å². The van der Waals surface area contributed by atoms with Crippen molar-refractivity contribution in [1.82, 2.24) is 4.31 Å². The zero-order chi connectivity index (χ0) is 16.4. The van der Waals surface area contributed by atoms with Gasteiger partial charge < -0.3 is 9.47 Å². The molecule has 0 spiro atoms. The van der Waals surface area contributed by atoms with E-state index in [-0.39, 0.29) is 12.2 Å². The number of nitrogens with zero attached hydrogens (tertiary/aromatic N) is 1. The average Bonchev–Trinajstić information content (AvgIpc) is 2.60. The number of piperidine rings is 1. The lowest BCUT2D eigenvalue weighted by molar-refractivity contribution is -0.0648. The molecule has 0 aliphatic carbocycles. The summed E-state index contributed by atoms with van der Waals surface area (Å²) >= 11 is 0. The highest BCUT2D eigenvalue weighted by Crippen LogP contribution is 2.25. The standard InChI is InChI=1S/C17H21NO4S/c1-21-16-9-10-18(12-17(16)22-2)23(19,20)15-8-7-13-5-3-4-6-14(13)11-15/h3-8,11,16-17H,9-10,12H2,1-2H3/t16-,17+/m1/s1. The molecular formula is C17H21NO4S. The predicted molar refractivity (Wildman–Crippen MR) is 88.9 cm³/mol. The first-order chi connectivity index (χ1) is 11.1. The van der Waals surface area contributed by atoms with Crippen LogP contribution in [0.1, 0.15) is 6.42 Å². The molecule has 1 saturated heterocycles. The van der Waals surface area contributed by atoms with Crippen LogP contribution >= 0.6 is 0 Å². The molecule has 23 heavy (non-hydrogen) atoms. The Morgan fingerprint density at radius 2 is 1.70 bits per heavy atom. The van der Waals surface area contributed by atoms with Gasteiger partial charge in [0.15, 0.2) is 0 Å². The van der Waals surface area contributed by atoms with Crippen LogP contribution in [0.25, 0.3) is 10.8 Å². The van der Waals surface area contributed by atoms with Crippen molar-refractivity contribution in [2.45, 2.75) is 23.5 Å². The van der Waals surface area contributed by atoms with Crippen molar-refractivity contribution in [3.05, 3.63) is 42.5 Å². The van der Waals surface area contributed by atoms with Crippen molar-refractivity contribution in [2.24, 2.45) is 0 Å². The summed E-state index contributed by atoms with van der Waals surface area (Å²) < 4.78 is 38.1. The number of benzene rings is 2. The maximum absolute atomic E-state index is 12.9. The molecule has 2 atom stereocenters. The first-order valence-corrected chi connectivity index (χ1v) is 9.05. The lowest BCUT2D eigenvalue weighted by Gasteiger charge is -2.36.